The minimum absolute atomic E-state index is 0.0231. The van der Waals surface area contributed by atoms with Crippen molar-refractivity contribution in [1.29, 1.82) is 0 Å². The molecule has 0 radical (unpaired) electrons. The Morgan fingerprint density at radius 1 is 1.69 bits per heavy atom. The van der Waals surface area contributed by atoms with Crippen LogP contribution in [0.5, 0.6) is 0 Å². The van der Waals surface area contributed by atoms with E-state index in [1.54, 1.807) is 23.7 Å². The molecule has 0 aromatic heterocycles. The van der Waals surface area contributed by atoms with Crippen molar-refractivity contribution in [3.63, 3.8) is 0 Å². The largest absolute Gasteiger partial charge is 0.385 e. The van der Waals surface area contributed by atoms with Crippen molar-refractivity contribution in [2.24, 2.45) is 10.7 Å². The lowest BCUT2D eigenvalue weighted by atomic mass is 10.1. The molecule has 2 amide bonds. The van der Waals surface area contributed by atoms with Gasteiger partial charge in [-0.3, -0.25) is 0 Å². The summed E-state index contributed by atoms with van der Waals surface area (Å²) in [6, 6.07) is -0.183. The summed E-state index contributed by atoms with van der Waals surface area (Å²) in [6.07, 6.45) is 4.33. The van der Waals surface area contributed by atoms with E-state index in [0.717, 1.165) is 12.8 Å². The fourth-order valence-electron chi connectivity index (χ4n) is 1.89. The Bertz CT molecular complexity index is 285. The molecule has 1 fully saturated rings. The highest BCUT2D eigenvalue weighted by Gasteiger charge is 2.55. The number of hydrogen-bond donors (Lipinski definition) is 1. The van der Waals surface area contributed by atoms with Gasteiger partial charge in [-0.1, -0.05) is 0 Å². The van der Waals surface area contributed by atoms with E-state index in [9.17, 15) is 4.79 Å². The Hall–Kier alpha value is -0.710. The van der Waals surface area contributed by atoms with Crippen LogP contribution < -0.4 is 5.73 Å². The zero-order valence-corrected chi connectivity index (χ0v) is 8.60. The molecule has 2 aliphatic rings. The highest BCUT2D eigenvalue weighted by Crippen LogP contribution is 2.52. The van der Waals surface area contributed by atoms with Gasteiger partial charge < -0.3 is 10.6 Å². The third-order valence-electron chi connectivity index (χ3n) is 2.84. The van der Waals surface area contributed by atoms with Gasteiger partial charge in [-0.05, 0) is 19.1 Å². The monoisotopic (exact) mass is 199 g/mol. The van der Waals surface area contributed by atoms with Crippen LogP contribution in [0.15, 0.2) is 4.99 Å². The minimum Gasteiger partial charge on any atom is -0.385 e. The molecule has 72 valence electrons. The standard InChI is InChI=1S/C8H13N3OS/c1-11-5(6(9)10-7(11)12)8(13-2)3-4-8/h5H,3-4H2,1-2H3,(H2,9,10,12). The predicted molar refractivity (Wildman–Crippen MR) is 54.0 cm³/mol. The van der Waals surface area contributed by atoms with E-state index in [2.05, 4.69) is 11.2 Å². The number of likely N-dealkylation sites (N-methyl/N-ethyl adjacent to an activating group) is 1. The normalized spacial score (nSPS) is 30.6. The van der Waals surface area contributed by atoms with E-state index in [1.165, 1.54) is 0 Å². The Morgan fingerprint density at radius 2 is 2.31 bits per heavy atom. The van der Waals surface area contributed by atoms with Crippen molar-refractivity contribution in [1.82, 2.24) is 4.90 Å². The molecular weight excluding hydrogens is 186 g/mol. The van der Waals surface area contributed by atoms with Crippen molar-refractivity contribution < 1.29 is 4.79 Å². The summed E-state index contributed by atoms with van der Waals surface area (Å²) in [6.45, 7) is 0. The van der Waals surface area contributed by atoms with E-state index < -0.39 is 0 Å². The molecule has 0 aromatic rings. The van der Waals surface area contributed by atoms with Gasteiger partial charge in [-0.25, -0.2) is 4.79 Å². The summed E-state index contributed by atoms with van der Waals surface area (Å²) in [5.41, 5.74) is 5.74. The SMILES string of the molecule is CSC1(C2C(N)=NC(=O)N2C)CC1. The van der Waals surface area contributed by atoms with Crippen molar-refractivity contribution >= 4 is 23.6 Å². The van der Waals surface area contributed by atoms with Gasteiger partial charge in [-0.2, -0.15) is 16.8 Å². The van der Waals surface area contributed by atoms with Crippen molar-refractivity contribution in [2.45, 2.75) is 23.6 Å². The molecule has 0 saturated heterocycles. The number of hydrogen-bond acceptors (Lipinski definition) is 3. The van der Waals surface area contributed by atoms with Gasteiger partial charge in [0.25, 0.3) is 0 Å². The molecule has 0 aromatic carbocycles. The quantitative estimate of drug-likeness (QED) is 0.711. The molecule has 4 nitrogen and oxygen atoms in total. The maximum Gasteiger partial charge on any atom is 0.345 e. The smallest absolute Gasteiger partial charge is 0.345 e. The van der Waals surface area contributed by atoms with Gasteiger partial charge in [0.15, 0.2) is 0 Å². The highest BCUT2D eigenvalue weighted by atomic mass is 32.2. The molecule has 1 unspecified atom stereocenters. The van der Waals surface area contributed by atoms with Gasteiger partial charge in [0.1, 0.15) is 11.9 Å². The van der Waals surface area contributed by atoms with Gasteiger partial charge in [0, 0.05) is 11.8 Å². The molecule has 0 spiro atoms. The second-order valence-corrected chi connectivity index (χ2v) is 4.82. The summed E-state index contributed by atoms with van der Waals surface area (Å²) >= 11 is 1.79. The van der Waals surface area contributed by atoms with Crippen molar-refractivity contribution in [2.75, 3.05) is 13.3 Å². The fraction of sp³-hybridized carbons (Fsp3) is 0.750. The lowest BCUT2D eigenvalue weighted by Crippen LogP contribution is -2.46. The van der Waals surface area contributed by atoms with Crippen molar-refractivity contribution in [3.05, 3.63) is 0 Å². The van der Waals surface area contributed by atoms with Crippen LogP contribution in [0, 0.1) is 0 Å². The van der Waals surface area contributed by atoms with Crippen LogP contribution in [0.3, 0.4) is 0 Å². The van der Waals surface area contributed by atoms with Gasteiger partial charge in [0.2, 0.25) is 0 Å². The second-order valence-electron chi connectivity index (χ2n) is 3.60. The van der Waals surface area contributed by atoms with Gasteiger partial charge in [-0.15, -0.1) is 0 Å². The Kier molecular flexibility index (Phi) is 1.80. The molecule has 5 heteroatoms. The predicted octanol–water partition coefficient (Wildman–Crippen LogP) is 0.673. The number of nitrogens with zero attached hydrogens (tertiary/aromatic N) is 2. The molecule has 2 N–H and O–H groups in total. The summed E-state index contributed by atoms with van der Waals surface area (Å²) in [5, 5.41) is 0. The first-order valence-corrected chi connectivity index (χ1v) is 5.49. The lowest BCUT2D eigenvalue weighted by molar-refractivity contribution is 0.217. The van der Waals surface area contributed by atoms with E-state index >= 15 is 0 Å². The number of aliphatic imine (C=N–C) groups is 1. The molecule has 13 heavy (non-hydrogen) atoms. The Balaban J connectivity index is 2.25. The van der Waals surface area contributed by atoms with Crippen LogP contribution >= 0.6 is 11.8 Å². The first kappa shape index (κ1) is 8.87. The van der Waals surface area contributed by atoms with Crippen molar-refractivity contribution in [3.8, 4) is 0 Å². The summed E-state index contributed by atoms with van der Waals surface area (Å²) in [5.74, 6) is 0.486. The van der Waals surface area contributed by atoms with Crippen LogP contribution in [0.1, 0.15) is 12.8 Å². The van der Waals surface area contributed by atoms with Crippen LogP contribution in [-0.2, 0) is 0 Å². The average molecular weight is 199 g/mol. The summed E-state index contributed by atoms with van der Waals surface area (Å²) in [7, 11) is 1.77. The Labute approximate surface area is 81.6 Å². The van der Waals surface area contributed by atoms with E-state index in [1.807, 2.05) is 0 Å². The molecule has 1 atom stereocenters. The van der Waals surface area contributed by atoms with Crippen LogP contribution in [0.4, 0.5) is 4.79 Å². The molecule has 2 rings (SSSR count). The topological polar surface area (TPSA) is 58.7 Å². The summed E-state index contributed by atoms with van der Waals surface area (Å²) in [4.78, 5) is 16.7. The fourth-order valence-corrected chi connectivity index (χ4v) is 2.91. The number of thioether (sulfide) groups is 1. The third kappa shape index (κ3) is 1.14. The molecule has 1 aliphatic carbocycles. The minimum atomic E-state index is -0.206. The first-order chi connectivity index (χ1) is 6.10. The third-order valence-corrected chi connectivity index (χ3v) is 4.29. The molecule has 0 bridgehead atoms. The summed E-state index contributed by atoms with van der Waals surface area (Å²) < 4.78 is 0.161. The number of urea groups is 1. The average Bonchev–Trinajstić information content (AvgIpc) is 2.81. The number of rotatable bonds is 2. The van der Waals surface area contributed by atoms with E-state index in [0.29, 0.717) is 5.84 Å². The molecule has 1 aliphatic heterocycles. The Morgan fingerprint density at radius 3 is 2.62 bits per heavy atom. The zero-order chi connectivity index (χ0) is 9.64. The number of amidine groups is 1. The lowest BCUT2D eigenvalue weighted by Gasteiger charge is -2.26. The number of nitrogens with two attached hydrogens (primary N) is 1. The van der Waals surface area contributed by atoms with Gasteiger partial charge >= 0.3 is 6.03 Å². The van der Waals surface area contributed by atoms with E-state index in [-0.39, 0.29) is 16.8 Å². The van der Waals surface area contributed by atoms with Crippen LogP contribution in [0.25, 0.3) is 0 Å². The molecule has 1 saturated carbocycles. The second kappa shape index (κ2) is 2.64. The van der Waals surface area contributed by atoms with Crippen LogP contribution in [-0.4, -0.2) is 40.9 Å². The molecule has 1 heterocycles. The number of carbonyl (C=O) groups excluding carboxylic acids is 1. The van der Waals surface area contributed by atoms with Gasteiger partial charge in [0.05, 0.1) is 0 Å². The number of amides is 2. The first-order valence-electron chi connectivity index (χ1n) is 4.27. The maximum absolute atomic E-state index is 11.2. The number of carbonyl (C=O) groups is 1. The van der Waals surface area contributed by atoms with E-state index in [4.69, 9.17) is 5.73 Å². The molecular formula is C8H13N3OS. The maximum atomic E-state index is 11.2. The highest BCUT2D eigenvalue weighted by molar-refractivity contribution is 8.00. The zero-order valence-electron chi connectivity index (χ0n) is 7.78. The van der Waals surface area contributed by atoms with Crippen LogP contribution in [0.2, 0.25) is 0 Å².